The molecule has 1 unspecified atom stereocenters. The lowest BCUT2D eigenvalue weighted by atomic mass is 10.2. The van der Waals surface area contributed by atoms with Crippen molar-refractivity contribution >= 4 is 11.6 Å². The number of nitrogens with zero attached hydrogens (tertiary/aromatic N) is 1. The van der Waals surface area contributed by atoms with Crippen LogP contribution in [0.3, 0.4) is 0 Å². The highest BCUT2D eigenvalue weighted by atomic mass is 16.5. The van der Waals surface area contributed by atoms with E-state index >= 15 is 0 Å². The van der Waals surface area contributed by atoms with Crippen molar-refractivity contribution in [1.82, 2.24) is 10.3 Å². The molecule has 2 N–H and O–H groups in total. The molecule has 144 valence electrons. The summed E-state index contributed by atoms with van der Waals surface area (Å²) in [6, 6.07) is 10.9. The molecule has 1 aromatic heterocycles. The van der Waals surface area contributed by atoms with E-state index in [1.54, 1.807) is 19.4 Å². The fourth-order valence-electron chi connectivity index (χ4n) is 2.77. The van der Waals surface area contributed by atoms with Crippen LogP contribution in [0, 0.1) is 0 Å². The van der Waals surface area contributed by atoms with E-state index in [-0.39, 0.29) is 12.0 Å². The highest BCUT2D eigenvalue weighted by molar-refractivity contribution is 5.92. The average molecular weight is 371 g/mol. The Morgan fingerprint density at radius 3 is 2.70 bits per heavy atom. The Morgan fingerprint density at radius 1 is 1.22 bits per heavy atom. The molecule has 1 aliphatic heterocycles. The van der Waals surface area contributed by atoms with Crippen molar-refractivity contribution in [3.05, 3.63) is 48.3 Å². The Hall–Kier alpha value is -2.80. The summed E-state index contributed by atoms with van der Waals surface area (Å²) in [5.41, 5.74) is 1.26. The van der Waals surface area contributed by atoms with Crippen molar-refractivity contribution in [1.29, 1.82) is 0 Å². The Kier molecular flexibility index (Phi) is 6.87. The first-order valence-corrected chi connectivity index (χ1v) is 9.11. The van der Waals surface area contributed by atoms with Gasteiger partial charge in [-0.3, -0.25) is 4.79 Å². The molecule has 1 saturated heterocycles. The van der Waals surface area contributed by atoms with Gasteiger partial charge in [-0.1, -0.05) is 0 Å². The van der Waals surface area contributed by atoms with Crippen LogP contribution in [-0.2, 0) is 4.74 Å². The van der Waals surface area contributed by atoms with Crippen molar-refractivity contribution in [2.45, 2.75) is 18.9 Å². The highest BCUT2D eigenvalue weighted by Crippen LogP contribution is 2.17. The quantitative estimate of drug-likeness (QED) is 0.659. The second-order valence-electron chi connectivity index (χ2n) is 6.23. The first-order chi connectivity index (χ1) is 13.2. The summed E-state index contributed by atoms with van der Waals surface area (Å²) in [4.78, 5) is 16.3. The Balaban J connectivity index is 1.37. The Bertz CT molecular complexity index is 713. The number of pyridine rings is 1. The third kappa shape index (κ3) is 5.86. The molecular weight excluding hydrogens is 346 g/mol. The Morgan fingerprint density at radius 2 is 2.04 bits per heavy atom. The van der Waals surface area contributed by atoms with Gasteiger partial charge in [0.25, 0.3) is 5.91 Å². The van der Waals surface area contributed by atoms with Crippen molar-refractivity contribution in [3.63, 3.8) is 0 Å². The maximum absolute atomic E-state index is 12.1. The summed E-state index contributed by atoms with van der Waals surface area (Å²) >= 11 is 0. The van der Waals surface area contributed by atoms with Crippen LogP contribution < -0.4 is 20.1 Å². The number of nitrogens with one attached hydrogen (secondary N) is 2. The van der Waals surface area contributed by atoms with Gasteiger partial charge >= 0.3 is 0 Å². The zero-order chi connectivity index (χ0) is 18.9. The van der Waals surface area contributed by atoms with Crippen LogP contribution in [0.5, 0.6) is 11.5 Å². The SMILES string of the molecule is COc1ccc(OCCNC(=O)c2ccc(NCC3CCCO3)cn2)cc1. The lowest BCUT2D eigenvalue weighted by Crippen LogP contribution is -2.28. The van der Waals surface area contributed by atoms with Crippen LogP contribution >= 0.6 is 0 Å². The van der Waals surface area contributed by atoms with Gasteiger partial charge < -0.3 is 24.8 Å². The van der Waals surface area contributed by atoms with Crippen molar-refractivity contribution in [2.75, 3.05) is 38.7 Å². The smallest absolute Gasteiger partial charge is 0.269 e. The molecule has 3 rings (SSSR count). The summed E-state index contributed by atoms with van der Waals surface area (Å²) in [7, 11) is 1.62. The van der Waals surface area contributed by atoms with Crippen molar-refractivity contribution in [3.8, 4) is 11.5 Å². The van der Waals surface area contributed by atoms with E-state index in [0.717, 1.165) is 43.2 Å². The number of carbonyl (C=O) groups excluding carboxylic acids is 1. The highest BCUT2D eigenvalue weighted by Gasteiger charge is 2.15. The summed E-state index contributed by atoms with van der Waals surface area (Å²) in [6.45, 7) is 2.37. The molecule has 0 bridgehead atoms. The molecule has 2 aromatic rings. The molecule has 7 nitrogen and oxygen atoms in total. The van der Waals surface area contributed by atoms with Gasteiger partial charge in [0.1, 0.15) is 23.8 Å². The number of benzene rings is 1. The van der Waals surface area contributed by atoms with E-state index in [1.807, 2.05) is 30.3 Å². The number of ether oxygens (including phenoxy) is 3. The largest absolute Gasteiger partial charge is 0.497 e. The normalized spacial score (nSPS) is 16.0. The fourth-order valence-corrected chi connectivity index (χ4v) is 2.77. The molecule has 27 heavy (non-hydrogen) atoms. The number of amides is 1. The monoisotopic (exact) mass is 371 g/mol. The fraction of sp³-hybridized carbons (Fsp3) is 0.400. The van der Waals surface area contributed by atoms with Gasteiger partial charge in [0.05, 0.1) is 31.6 Å². The number of rotatable bonds is 9. The van der Waals surface area contributed by atoms with Crippen LogP contribution in [0.1, 0.15) is 23.3 Å². The molecule has 1 amide bonds. The van der Waals surface area contributed by atoms with Crippen LogP contribution in [-0.4, -0.2) is 50.4 Å². The van der Waals surface area contributed by atoms with Gasteiger partial charge in [-0.2, -0.15) is 0 Å². The second kappa shape index (κ2) is 9.78. The van der Waals surface area contributed by atoms with E-state index < -0.39 is 0 Å². The molecule has 2 heterocycles. The van der Waals surface area contributed by atoms with Crippen LogP contribution in [0.15, 0.2) is 42.6 Å². The maximum Gasteiger partial charge on any atom is 0.269 e. The third-order valence-corrected chi connectivity index (χ3v) is 4.27. The molecular formula is C20H25N3O4. The van der Waals surface area contributed by atoms with Crippen molar-refractivity contribution < 1.29 is 19.0 Å². The molecule has 0 saturated carbocycles. The zero-order valence-electron chi connectivity index (χ0n) is 15.4. The minimum atomic E-state index is -0.223. The number of aromatic nitrogens is 1. The van der Waals surface area contributed by atoms with Gasteiger partial charge in [0.15, 0.2) is 0 Å². The number of hydrogen-bond donors (Lipinski definition) is 2. The first kappa shape index (κ1) is 19.0. The maximum atomic E-state index is 12.1. The van der Waals surface area contributed by atoms with Crippen molar-refractivity contribution in [2.24, 2.45) is 0 Å². The van der Waals surface area contributed by atoms with E-state index in [0.29, 0.717) is 18.8 Å². The van der Waals surface area contributed by atoms with E-state index in [9.17, 15) is 4.79 Å². The Labute approximate surface area is 159 Å². The topological polar surface area (TPSA) is 81.7 Å². The number of carbonyl (C=O) groups is 1. The van der Waals surface area contributed by atoms with E-state index in [1.165, 1.54) is 0 Å². The van der Waals surface area contributed by atoms with Gasteiger partial charge in [0.2, 0.25) is 0 Å². The zero-order valence-corrected chi connectivity index (χ0v) is 15.4. The van der Waals surface area contributed by atoms with Crippen LogP contribution in [0.25, 0.3) is 0 Å². The lowest BCUT2D eigenvalue weighted by molar-refractivity contribution is 0.0942. The van der Waals surface area contributed by atoms with E-state index in [4.69, 9.17) is 14.2 Å². The summed E-state index contributed by atoms with van der Waals surface area (Å²) in [5, 5.41) is 6.08. The number of anilines is 1. The molecule has 0 radical (unpaired) electrons. The van der Waals surface area contributed by atoms with Crippen LogP contribution in [0.2, 0.25) is 0 Å². The molecule has 1 aliphatic rings. The predicted octanol–water partition coefficient (Wildman–Crippen LogP) is 2.49. The molecule has 7 heteroatoms. The molecule has 0 spiro atoms. The summed E-state index contributed by atoms with van der Waals surface area (Å²) < 4.78 is 16.2. The number of hydrogen-bond acceptors (Lipinski definition) is 6. The molecule has 1 fully saturated rings. The average Bonchev–Trinajstić information content (AvgIpc) is 3.24. The number of methoxy groups -OCH3 is 1. The van der Waals surface area contributed by atoms with Crippen LogP contribution in [0.4, 0.5) is 5.69 Å². The third-order valence-electron chi connectivity index (χ3n) is 4.27. The second-order valence-corrected chi connectivity index (χ2v) is 6.23. The van der Waals surface area contributed by atoms with Gasteiger partial charge in [-0.25, -0.2) is 4.98 Å². The standard InChI is InChI=1S/C20H25N3O4/c1-25-16-5-7-17(8-6-16)27-12-10-21-20(24)19-9-4-15(13-23-19)22-14-18-3-2-11-26-18/h4-9,13,18,22H,2-3,10-12,14H2,1H3,(H,21,24). The molecule has 1 atom stereocenters. The summed E-state index contributed by atoms with van der Waals surface area (Å²) in [5.74, 6) is 1.28. The van der Waals surface area contributed by atoms with Gasteiger partial charge in [-0.05, 0) is 49.2 Å². The van der Waals surface area contributed by atoms with Gasteiger partial charge in [0, 0.05) is 13.2 Å². The summed E-state index contributed by atoms with van der Waals surface area (Å²) in [6.07, 6.45) is 4.13. The minimum Gasteiger partial charge on any atom is -0.497 e. The van der Waals surface area contributed by atoms with Gasteiger partial charge in [-0.15, -0.1) is 0 Å². The van der Waals surface area contributed by atoms with E-state index in [2.05, 4.69) is 15.6 Å². The molecule has 0 aliphatic carbocycles. The minimum absolute atomic E-state index is 0.223. The first-order valence-electron chi connectivity index (χ1n) is 9.11. The molecule has 1 aromatic carbocycles. The lowest BCUT2D eigenvalue weighted by Gasteiger charge is -2.12. The predicted molar refractivity (Wildman–Crippen MR) is 103 cm³/mol.